The molecule has 5 nitrogen and oxygen atoms in total. The molecule has 0 bridgehead atoms. The number of amides is 1. The summed E-state index contributed by atoms with van der Waals surface area (Å²) in [6.45, 7) is 5.45. The number of carbonyl (C=O) groups excluding carboxylic acids is 1. The van der Waals surface area contributed by atoms with Crippen molar-refractivity contribution in [3.8, 4) is 0 Å². The molecule has 103 valence electrons. The molecule has 1 aliphatic carbocycles. The molecule has 0 spiro atoms. The topological polar surface area (TPSA) is 75.6 Å². The van der Waals surface area contributed by atoms with Gasteiger partial charge >= 0.3 is 12.1 Å². The van der Waals surface area contributed by atoms with Gasteiger partial charge in [-0.05, 0) is 52.9 Å². The van der Waals surface area contributed by atoms with Gasteiger partial charge in [0.15, 0.2) is 0 Å². The maximum Gasteiger partial charge on any atom is 0.407 e. The number of alkyl carbamates (subject to hydrolysis) is 1. The molecule has 0 aromatic carbocycles. The Balaban J connectivity index is 2.53. The first-order valence-electron chi connectivity index (χ1n) is 6.27. The summed E-state index contributed by atoms with van der Waals surface area (Å²) in [5.41, 5.74) is -1.41. The summed E-state index contributed by atoms with van der Waals surface area (Å²) in [6.07, 6.45) is 4.23. The number of aliphatic carboxylic acids is 1. The third kappa shape index (κ3) is 4.20. The van der Waals surface area contributed by atoms with Gasteiger partial charge in [0.2, 0.25) is 0 Å². The number of carboxylic acids is 1. The molecule has 0 atom stereocenters. The molecule has 1 saturated carbocycles. The van der Waals surface area contributed by atoms with E-state index in [1.165, 1.54) is 0 Å². The Morgan fingerprint density at radius 2 is 1.89 bits per heavy atom. The largest absolute Gasteiger partial charge is 0.481 e. The Morgan fingerprint density at radius 3 is 2.33 bits per heavy atom. The molecular formula is C13H22NO4. The fraction of sp³-hybridized carbons (Fsp3) is 0.769. The summed E-state index contributed by atoms with van der Waals surface area (Å²) in [5, 5.41) is 11.9. The third-order valence-electron chi connectivity index (χ3n) is 3.08. The zero-order valence-electron chi connectivity index (χ0n) is 11.3. The Kier molecular flexibility index (Phi) is 4.59. The van der Waals surface area contributed by atoms with E-state index in [0.29, 0.717) is 12.8 Å². The van der Waals surface area contributed by atoms with E-state index in [4.69, 9.17) is 4.74 Å². The van der Waals surface area contributed by atoms with Crippen LogP contribution in [0.4, 0.5) is 4.79 Å². The van der Waals surface area contributed by atoms with Crippen LogP contribution in [0.15, 0.2) is 0 Å². The van der Waals surface area contributed by atoms with Crippen molar-refractivity contribution in [1.82, 2.24) is 5.32 Å². The Morgan fingerprint density at radius 1 is 1.33 bits per heavy atom. The van der Waals surface area contributed by atoms with Crippen molar-refractivity contribution >= 4 is 12.1 Å². The van der Waals surface area contributed by atoms with Gasteiger partial charge in [-0.25, -0.2) is 4.79 Å². The highest BCUT2D eigenvalue weighted by atomic mass is 16.6. The monoisotopic (exact) mass is 256 g/mol. The zero-order valence-corrected chi connectivity index (χ0v) is 11.3. The Hall–Kier alpha value is -1.26. The first-order valence-corrected chi connectivity index (χ1v) is 6.27. The number of carboxylic acid groups (broad SMARTS) is 1. The summed E-state index contributed by atoms with van der Waals surface area (Å²) < 4.78 is 5.10. The van der Waals surface area contributed by atoms with Gasteiger partial charge in [-0.1, -0.05) is 0 Å². The van der Waals surface area contributed by atoms with E-state index in [1.807, 2.05) is 0 Å². The molecular weight excluding hydrogens is 234 g/mol. The molecule has 1 aliphatic rings. The van der Waals surface area contributed by atoms with Crippen LogP contribution in [0.2, 0.25) is 0 Å². The van der Waals surface area contributed by atoms with Crippen molar-refractivity contribution in [2.24, 2.45) is 5.41 Å². The van der Waals surface area contributed by atoms with Crippen LogP contribution >= 0.6 is 0 Å². The third-order valence-corrected chi connectivity index (χ3v) is 3.08. The predicted octanol–water partition coefficient (Wildman–Crippen LogP) is 2.36. The number of hydrogen-bond donors (Lipinski definition) is 2. The smallest absolute Gasteiger partial charge is 0.407 e. The molecule has 1 radical (unpaired) electrons. The van der Waals surface area contributed by atoms with Crippen LogP contribution in [0, 0.1) is 11.8 Å². The average molecular weight is 256 g/mol. The molecule has 0 heterocycles. The van der Waals surface area contributed by atoms with E-state index in [2.05, 4.69) is 11.7 Å². The summed E-state index contributed by atoms with van der Waals surface area (Å²) >= 11 is 0. The number of ether oxygens (including phenoxy) is 1. The standard InChI is InChI=1S/C13H22NO4/c1-12(2,3)18-11(17)14-9-13(10(15)16)7-5-4-6-8-13/h4H,5-9H2,1-3H3,(H,14,17)(H,15,16). The number of hydrogen-bond acceptors (Lipinski definition) is 3. The highest BCUT2D eigenvalue weighted by Gasteiger charge is 2.40. The van der Waals surface area contributed by atoms with Gasteiger partial charge in [0, 0.05) is 6.54 Å². The summed E-state index contributed by atoms with van der Waals surface area (Å²) in [5.74, 6) is -0.841. The van der Waals surface area contributed by atoms with Crippen LogP contribution < -0.4 is 5.32 Å². The molecule has 1 rings (SSSR count). The lowest BCUT2D eigenvalue weighted by atomic mass is 9.74. The predicted molar refractivity (Wildman–Crippen MR) is 67.1 cm³/mol. The van der Waals surface area contributed by atoms with Gasteiger partial charge in [-0.2, -0.15) is 0 Å². The molecule has 2 N–H and O–H groups in total. The minimum Gasteiger partial charge on any atom is -0.481 e. The fourth-order valence-corrected chi connectivity index (χ4v) is 2.05. The van der Waals surface area contributed by atoms with Gasteiger partial charge < -0.3 is 15.2 Å². The van der Waals surface area contributed by atoms with Crippen LogP contribution in [-0.2, 0) is 9.53 Å². The molecule has 1 fully saturated rings. The van der Waals surface area contributed by atoms with Crippen LogP contribution in [0.3, 0.4) is 0 Å². The van der Waals surface area contributed by atoms with Crippen molar-refractivity contribution in [2.45, 2.75) is 52.1 Å². The van der Waals surface area contributed by atoms with E-state index in [-0.39, 0.29) is 6.54 Å². The Bertz CT molecular complexity index is 313. The SMILES string of the molecule is CC(C)(C)OC(=O)NCC1(C(=O)O)CC[CH]CC1. The van der Waals surface area contributed by atoms with Crippen molar-refractivity contribution < 1.29 is 19.4 Å². The lowest BCUT2D eigenvalue weighted by molar-refractivity contribution is -0.150. The first kappa shape index (κ1) is 14.8. The number of rotatable bonds is 3. The van der Waals surface area contributed by atoms with E-state index in [9.17, 15) is 14.7 Å². The maximum absolute atomic E-state index is 11.5. The molecule has 0 aromatic rings. The molecule has 5 heteroatoms. The van der Waals surface area contributed by atoms with Crippen molar-refractivity contribution in [2.75, 3.05) is 6.54 Å². The Labute approximate surface area is 108 Å². The first-order chi connectivity index (χ1) is 8.25. The van der Waals surface area contributed by atoms with E-state index >= 15 is 0 Å². The van der Waals surface area contributed by atoms with Gasteiger partial charge in [0.1, 0.15) is 5.60 Å². The highest BCUT2D eigenvalue weighted by Crippen LogP contribution is 2.35. The second-order valence-electron chi connectivity index (χ2n) is 5.81. The van der Waals surface area contributed by atoms with Crippen molar-refractivity contribution in [1.29, 1.82) is 0 Å². The van der Waals surface area contributed by atoms with Crippen molar-refractivity contribution in [3.63, 3.8) is 0 Å². The average Bonchev–Trinajstić information content (AvgIpc) is 2.25. The van der Waals surface area contributed by atoms with Gasteiger partial charge in [0.05, 0.1) is 5.41 Å². The second-order valence-corrected chi connectivity index (χ2v) is 5.81. The fourth-order valence-electron chi connectivity index (χ4n) is 2.05. The molecule has 0 unspecified atom stereocenters. The molecule has 18 heavy (non-hydrogen) atoms. The molecule has 0 aliphatic heterocycles. The van der Waals surface area contributed by atoms with E-state index < -0.39 is 23.1 Å². The summed E-state index contributed by atoms with van der Waals surface area (Å²) in [4.78, 5) is 22.9. The molecule has 1 amide bonds. The minimum atomic E-state index is -0.842. The number of nitrogens with one attached hydrogen (secondary N) is 1. The lowest BCUT2D eigenvalue weighted by Gasteiger charge is -2.33. The quantitative estimate of drug-likeness (QED) is 0.812. The van der Waals surface area contributed by atoms with Crippen LogP contribution in [0.5, 0.6) is 0 Å². The lowest BCUT2D eigenvalue weighted by Crippen LogP contribution is -2.45. The second kappa shape index (κ2) is 5.59. The zero-order chi connectivity index (χ0) is 13.8. The molecule has 0 aromatic heterocycles. The van der Waals surface area contributed by atoms with E-state index in [0.717, 1.165) is 12.8 Å². The van der Waals surface area contributed by atoms with Crippen LogP contribution in [-0.4, -0.2) is 29.3 Å². The van der Waals surface area contributed by atoms with Gasteiger partial charge in [-0.15, -0.1) is 0 Å². The van der Waals surface area contributed by atoms with Gasteiger partial charge in [0.25, 0.3) is 0 Å². The minimum absolute atomic E-state index is 0.130. The normalized spacial score (nSPS) is 19.1. The van der Waals surface area contributed by atoms with E-state index in [1.54, 1.807) is 20.8 Å². The summed E-state index contributed by atoms with van der Waals surface area (Å²) in [7, 11) is 0. The van der Waals surface area contributed by atoms with Gasteiger partial charge in [-0.3, -0.25) is 4.79 Å². The maximum atomic E-state index is 11.5. The van der Waals surface area contributed by atoms with Crippen LogP contribution in [0.25, 0.3) is 0 Å². The summed E-state index contributed by atoms with van der Waals surface area (Å²) in [6, 6.07) is 0. The number of carbonyl (C=O) groups is 2. The van der Waals surface area contributed by atoms with Crippen molar-refractivity contribution in [3.05, 3.63) is 6.42 Å². The van der Waals surface area contributed by atoms with Crippen LogP contribution in [0.1, 0.15) is 46.5 Å². The molecule has 0 saturated heterocycles. The highest BCUT2D eigenvalue weighted by molar-refractivity contribution is 5.76.